The van der Waals surface area contributed by atoms with Crippen molar-refractivity contribution in [3.63, 3.8) is 0 Å². The van der Waals surface area contributed by atoms with Crippen molar-refractivity contribution in [1.29, 1.82) is 0 Å². The first kappa shape index (κ1) is 14.8. The van der Waals surface area contributed by atoms with E-state index < -0.39 is 9.84 Å². The molecule has 3 heterocycles. The van der Waals surface area contributed by atoms with Crippen LogP contribution in [0.4, 0.5) is 4.79 Å². The van der Waals surface area contributed by atoms with Gasteiger partial charge in [0.15, 0.2) is 9.84 Å². The van der Waals surface area contributed by atoms with E-state index in [9.17, 15) is 13.2 Å². The predicted octanol–water partition coefficient (Wildman–Crippen LogP) is 1.95. The van der Waals surface area contributed by atoms with Crippen LogP contribution in [0.5, 0.6) is 0 Å². The summed E-state index contributed by atoms with van der Waals surface area (Å²) in [4.78, 5) is 15.7. The summed E-state index contributed by atoms with van der Waals surface area (Å²) in [7, 11) is -2.96. The highest BCUT2D eigenvalue weighted by atomic mass is 32.2. The van der Waals surface area contributed by atoms with Crippen molar-refractivity contribution in [3.8, 4) is 0 Å². The molecule has 1 aromatic heterocycles. The molecule has 3 rings (SSSR count). The van der Waals surface area contributed by atoms with Gasteiger partial charge in [-0.1, -0.05) is 6.92 Å². The maximum absolute atomic E-state index is 12.5. The van der Waals surface area contributed by atoms with Crippen molar-refractivity contribution in [2.45, 2.75) is 38.3 Å². The minimum absolute atomic E-state index is 0.0765. The first-order chi connectivity index (χ1) is 10.00. The highest BCUT2D eigenvalue weighted by Gasteiger charge is 2.34. The fourth-order valence-corrected chi connectivity index (χ4v) is 5.85. The topological polar surface area (TPSA) is 66.5 Å². The highest BCUT2D eigenvalue weighted by molar-refractivity contribution is 7.91. The van der Waals surface area contributed by atoms with Gasteiger partial charge in [-0.05, 0) is 36.3 Å². The molecule has 0 radical (unpaired) electrons. The van der Waals surface area contributed by atoms with Gasteiger partial charge in [0.1, 0.15) is 0 Å². The molecule has 2 aliphatic heterocycles. The normalized spacial score (nSPS) is 27.4. The van der Waals surface area contributed by atoms with Gasteiger partial charge < -0.3 is 10.2 Å². The maximum Gasteiger partial charge on any atom is 0.318 e. The number of nitrogens with zero attached hydrogens (tertiary/aromatic N) is 1. The molecular formula is C14H20N2O3S2. The molecule has 2 aliphatic rings. The van der Waals surface area contributed by atoms with Crippen molar-refractivity contribution < 1.29 is 13.2 Å². The molecule has 1 fully saturated rings. The molecule has 0 unspecified atom stereocenters. The summed E-state index contributed by atoms with van der Waals surface area (Å²) in [6.45, 7) is 2.79. The third-order valence-corrected chi connectivity index (χ3v) is 7.07. The molecule has 0 bridgehead atoms. The van der Waals surface area contributed by atoms with E-state index in [0.717, 1.165) is 12.8 Å². The van der Waals surface area contributed by atoms with Crippen LogP contribution in [0.15, 0.2) is 11.4 Å². The molecule has 0 aromatic carbocycles. The van der Waals surface area contributed by atoms with E-state index in [0.29, 0.717) is 13.0 Å². The molecule has 116 valence electrons. The number of amides is 2. The summed E-state index contributed by atoms with van der Waals surface area (Å²) >= 11 is 1.75. The molecule has 7 heteroatoms. The maximum atomic E-state index is 12.5. The number of hydrogen-bond acceptors (Lipinski definition) is 4. The second-order valence-corrected chi connectivity index (χ2v) is 8.95. The molecule has 1 N–H and O–H groups in total. The Kier molecular flexibility index (Phi) is 3.96. The van der Waals surface area contributed by atoms with E-state index in [1.165, 1.54) is 10.4 Å². The summed E-state index contributed by atoms with van der Waals surface area (Å²) < 4.78 is 23.0. The Morgan fingerprint density at radius 3 is 3.00 bits per heavy atom. The van der Waals surface area contributed by atoms with Crippen LogP contribution in [0.3, 0.4) is 0 Å². The Morgan fingerprint density at radius 1 is 1.52 bits per heavy atom. The summed E-state index contributed by atoms with van der Waals surface area (Å²) in [6.07, 6.45) is 2.29. The van der Waals surface area contributed by atoms with Gasteiger partial charge in [0.05, 0.1) is 17.5 Å². The van der Waals surface area contributed by atoms with Crippen molar-refractivity contribution in [2.75, 3.05) is 18.1 Å². The predicted molar refractivity (Wildman–Crippen MR) is 83.4 cm³/mol. The minimum atomic E-state index is -2.96. The zero-order valence-corrected chi connectivity index (χ0v) is 13.7. The number of fused-ring (bicyclic) bond motifs is 1. The largest absolute Gasteiger partial charge is 0.334 e. The molecule has 0 aliphatic carbocycles. The van der Waals surface area contributed by atoms with Crippen LogP contribution < -0.4 is 5.32 Å². The monoisotopic (exact) mass is 328 g/mol. The first-order valence-corrected chi connectivity index (χ1v) is 10.0. The number of carbonyl (C=O) groups is 1. The van der Waals surface area contributed by atoms with Gasteiger partial charge >= 0.3 is 6.03 Å². The van der Waals surface area contributed by atoms with Crippen LogP contribution in [0.1, 0.15) is 36.2 Å². The van der Waals surface area contributed by atoms with Gasteiger partial charge in [-0.15, -0.1) is 11.3 Å². The Bertz CT molecular complexity index is 638. The van der Waals surface area contributed by atoms with Gasteiger partial charge in [0.2, 0.25) is 0 Å². The van der Waals surface area contributed by atoms with E-state index in [-0.39, 0.29) is 29.6 Å². The lowest BCUT2D eigenvalue weighted by Gasteiger charge is -2.36. The third-order valence-electron chi connectivity index (χ3n) is 4.30. The second-order valence-electron chi connectivity index (χ2n) is 5.72. The van der Waals surface area contributed by atoms with Crippen LogP contribution in [0, 0.1) is 0 Å². The standard InChI is InChI=1S/C14H20N2O3S2/c1-2-12-11-4-7-20-13(11)3-6-16(12)14(17)15-10-5-8-21(18,19)9-10/h4,7,10,12H,2-3,5-6,8-9H2,1H3,(H,15,17)/t10-,12-/m0/s1. The Morgan fingerprint density at radius 2 is 2.33 bits per heavy atom. The summed E-state index contributed by atoms with van der Waals surface area (Å²) in [5.41, 5.74) is 1.25. The number of rotatable bonds is 2. The molecule has 5 nitrogen and oxygen atoms in total. The lowest BCUT2D eigenvalue weighted by Crippen LogP contribution is -2.48. The molecular weight excluding hydrogens is 308 g/mol. The molecule has 2 atom stereocenters. The van der Waals surface area contributed by atoms with E-state index >= 15 is 0 Å². The zero-order valence-electron chi connectivity index (χ0n) is 12.0. The van der Waals surface area contributed by atoms with Crippen molar-refractivity contribution in [1.82, 2.24) is 10.2 Å². The Balaban J connectivity index is 1.70. The van der Waals surface area contributed by atoms with E-state index in [1.54, 1.807) is 11.3 Å². The number of thiophene rings is 1. The Hall–Kier alpha value is -1.08. The Labute approximate surface area is 129 Å². The molecule has 0 spiro atoms. The van der Waals surface area contributed by atoms with E-state index in [4.69, 9.17) is 0 Å². The number of carbonyl (C=O) groups excluding carboxylic acids is 1. The van der Waals surface area contributed by atoms with Crippen molar-refractivity contribution in [2.24, 2.45) is 0 Å². The van der Waals surface area contributed by atoms with Crippen LogP contribution in [-0.2, 0) is 16.3 Å². The first-order valence-electron chi connectivity index (χ1n) is 7.34. The number of nitrogens with one attached hydrogen (secondary N) is 1. The van der Waals surface area contributed by atoms with Crippen LogP contribution >= 0.6 is 11.3 Å². The van der Waals surface area contributed by atoms with Gasteiger partial charge in [-0.2, -0.15) is 0 Å². The van der Waals surface area contributed by atoms with Gasteiger partial charge in [0, 0.05) is 17.5 Å². The average molecular weight is 328 g/mol. The average Bonchev–Trinajstić information content (AvgIpc) is 3.03. The fourth-order valence-electron chi connectivity index (χ4n) is 3.25. The summed E-state index contributed by atoms with van der Waals surface area (Å²) in [5, 5.41) is 4.98. The minimum Gasteiger partial charge on any atom is -0.334 e. The summed E-state index contributed by atoms with van der Waals surface area (Å²) in [5.74, 6) is 0.261. The van der Waals surface area contributed by atoms with E-state index in [2.05, 4.69) is 23.7 Å². The van der Waals surface area contributed by atoms with Crippen molar-refractivity contribution in [3.05, 3.63) is 21.9 Å². The highest BCUT2D eigenvalue weighted by Crippen LogP contribution is 2.35. The van der Waals surface area contributed by atoms with Gasteiger partial charge in [-0.3, -0.25) is 0 Å². The molecule has 1 saturated heterocycles. The quantitative estimate of drug-likeness (QED) is 0.902. The zero-order chi connectivity index (χ0) is 15.0. The fraction of sp³-hybridized carbons (Fsp3) is 0.643. The van der Waals surface area contributed by atoms with Crippen molar-refractivity contribution >= 4 is 27.2 Å². The third kappa shape index (κ3) is 2.94. The molecule has 1 aromatic rings. The smallest absolute Gasteiger partial charge is 0.318 e. The van der Waals surface area contributed by atoms with Crippen LogP contribution in [-0.4, -0.2) is 43.4 Å². The lowest BCUT2D eigenvalue weighted by molar-refractivity contribution is 0.165. The number of sulfone groups is 1. The van der Waals surface area contributed by atoms with Crippen LogP contribution in [0.25, 0.3) is 0 Å². The second kappa shape index (κ2) is 5.61. The van der Waals surface area contributed by atoms with E-state index in [1.807, 2.05) is 4.90 Å². The molecule has 21 heavy (non-hydrogen) atoms. The number of hydrogen-bond donors (Lipinski definition) is 1. The lowest BCUT2D eigenvalue weighted by atomic mass is 9.98. The molecule has 2 amide bonds. The van der Waals surface area contributed by atoms with Crippen LogP contribution in [0.2, 0.25) is 0 Å². The van der Waals surface area contributed by atoms with Gasteiger partial charge in [0.25, 0.3) is 0 Å². The summed E-state index contributed by atoms with van der Waals surface area (Å²) in [6, 6.07) is 1.86. The molecule has 0 saturated carbocycles. The number of urea groups is 1. The SMILES string of the molecule is CC[C@H]1c2ccsc2CCN1C(=O)N[C@H]1CCS(=O)(=O)C1. The van der Waals surface area contributed by atoms with Gasteiger partial charge in [-0.25, -0.2) is 13.2 Å².